The van der Waals surface area contributed by atoms with Crippen LogP contribution >= 0.6 is 18.9 Å². The number of benzene rings is 3. The van der Waals surface area contributed by atoms with E-state index in [1.54, 1.807) is 12.1 Å². The van der Waals surface area contributed by atoms with Gasteiger partial charge in [-0.25, -0.2) is 0 Å². The van der Waals surface area contributed by atoms with Crippen molar-refractivity contribution in [2.24, 2.45) is 0 Å². The van der Waals surface area contributed by atoms with Crippen molar-refractivity contribution in [3.8, 4) is 0 Å². The summed E-state index contributed by atoms with van der Waals surface area (Å²) in [6.07, 6.45) is 0. The third-order valence-corrected chi connectivity index (χ3v) is 6.21. The highest BCUT2D eigenvalue weighted by Crippen LogP contribution is 2.43. The molecule has 0 radical (unpaired) electrons. The fourth-order valence-corrected chi connectivity index (χ4v) is 4.73. The molecule has 0 heterocycles. The Morgan fingerprint density at radius 2 is 1.27 bits per heavy atom. The van der Waals surface area contributed by atoms with E-state index in [9.17, 15) is 4.57 Å². The van der Waals surface area contributed by atoms with Crippen LogP contribution in [0.15, 0.2) is 84.9 Å². The summed E-state index contributed by atoms with van der Waals surface area (Å²) in [5.74, 6) is 0. The molecule has 110 valence electrons. The van der Waals surface area contributed by atoms with Gasteiger partial charge in [0.05, 0.1) is 0 Å². The maximum Gasteiger partial charge on any atom is 0.227 e. The van der Waals surface area contributed by atoms with Gasteiger partial charge in [0.25, 0.3) is 0 Å². The van der Waals surface area contributed by atoms with Gasteiger partial charge < -0.3 is 5.09 Å². The average molecular weight is 328 g/mol. The summed E-state index contributed by atoms with van der Waals surface area (Å²) in [4.78, 5) is 0. The fourth-order valence-electron chi connectivity index (χ4n) is 2.29. The molecule has 4 heteroatoms. The number of hydrogen-bond acceptors (Lipinski definition) is 1. The van der Waals surface area contributed by atoms with Crippen LogP contribution in [0.1, 0.15) is 0 Å². The molecule has 0 aromatic heterocycles. The Hall–Kier alpha value is -2.02. The molecule has 0 aliphatic heterocycles. The van der Waals surface area contributed by atoms with Gasteiger partial charge >= 0.3 is 0 Å². The van der Waals surface area contributed by atoms with Crippen LogP contribution in [0.25, 0.3) is 0 Å². The average Bonchev–Trinajstić information content (AvgIpc) is 2.56. The summed E-state index contributed by atoms with van der Waals surface area (Å²) in [6, 6.07) is 26.2. The van der Waals surface area contributed by atoms with Crippen LogP contribution in [-0.4, -0.2) is 0 Å². The first-order valence-corrected chi connectivity index (χ1v) is 9.02. The summed E-state index contributed by atoms with van der Waals surface area (Å²) < 4.78 is 13.7. The molecule has 0 amide bonds. The number of hydrogen-bond donors (Lipinski definition) is 1. The van der Waals surface area contributed by atoms with E-state index >= 15 is 0 Å². The largest absolute Gasteiger partial charge is 0.329 e. The third kappa shape index (κ3) is 3.09. The zero-order valence-electron chi connectivity index (χ0n) is 11.8. The maximum atomic E-state index is 13.7. The molecule has 0 saturated carbocycles. The van der Waals surface area contributed by atoms with Crippen molar-refractivity contribution in [3.05, 3.63) is 90.0 Å². The quantitative estimate of drug-likeness (QED) is 0.705. The van der Waals surface area contributed by atoms with Crippen molar-refractivity contribution in [2.75, 3.05) is 5.09 Å². The molecule has 0 unspecified atom stereocenters. The van der Waals surface area contributed by atoms with Crippen LogP contribution in [0.5, 0.6) is 0 Å². The van der Waals surface area contributed by atoms with E-state index in [1.807, 2.05) is 72.8 Å². The van der Waals surface area contributed by atoms with Gasteiger partial charge in [-0.05, 0) is 42.5 Å². The predicted octanol–water partition coefficient (Wildman–Crippen LogP) is 4.68. The first-order valence-electron chi connectivity index (χ1n) is 6.94. The topological polar surface area (TPSA) is 29.1 Å². The van der Waals surface area contributed by atoms with Crippen LogP contribution in [0.3, 0.4) is 0 Å². The van der Waals surface area contributed by atoms with Crippen molar-refractivity contribution in [1.82, 2.24) is 0 Å². The first-order chi connectivity index (χ1) is 10.7. The molecule has 3 rings (SSSR count). The molecule has 0 spiro atoms. The lowest BCUT2D eigenvalue weighted by molar-refractivity contribution is 0.590. The van der Waals surface area contributed by atoms with E-state index in [2.05, 4.69) is 5.09 Å². The summed E-state index contributed by atoms with van der Waals surface area (Å²) in [5.41, 5.74) is 0.739. The Morgan fingerprint density at radius 1 is 0.727 bits per heavy atom. The molecular weight excluding hydrogens is 313 g/mol. The molecule has 22 heavy (non-hydrogen) atoms. The van der Waals surface area contributed by atoms with Crippen molar-refractivity contribution in [3.63, 3.8) is 0 Å². The van der Waals surface area contributed by atoms with Gasteiger partial charge in [-0.3, -0.25) is 4.57 Å². The van der Waals surface area contributed by atoms with Gasteiger partial charge in [0.15, 0.2) is 0 Å². The Labute approximate surface area is 135 Å². The Bertz CT molecular complexity index is 762. The third-order valence-electron chi connectivity index (χ3n) is 3.35. The van der Waals surface area contributed by atoms with E-state index in [0.29, 0.717) is 5.02 Å². The number of rotatable bonds is 4. The monoisotopic (exact) mass is 327 g/mol. The molecule has 0 fully saturated rings. The Morgan fingerprint density at radius 3 is 1.77 bits per heavy atom. The Kier molecular flexibility index (Phi) is 4.33. The minimum absolute atomic E-state index is 0.609. The second kappa shape index (κ2) is 6.39. The molecule has 0 bridgehead atoms. The number of nitrogens with one attached hydrogen (secondary N) is 1. The van der Waals surface area contributed by atoms with E-state index < -0.39 is 7.29 Å². The number of halogens is 1. The van der Waals surface area contributed by atoms with E-state index in [0.717, 1.165) is 16.3 Å². The van der Waals surface area contributed by atoms with Crippen molar-refractivity contribution in [1.29, 1.82) is 0 Å². The zero-order chi connectivity index (χ0) is 15.4. The van der Waals surface area contributed by atoms with Gasteiger partial charge in [-0.15, -0.1) is 0 Å². The molecule has 0 atom stereocenters. The van der Waals surface area contributed by atoms with Gasteiger partial charge in [0.1, 0.15) is 0 Å². The molecular formula is C18H15ClNOP. The smallest absolute Gasteiger partial charge is 0.227 e. The van der Waals surface area contributed by atoms with Crippen molar-refractivity contribution in [2.45, 2.75) is 0 Å². The van der Waals surface area contributed by atoms with Crippen LogP contribution in [0.4, 0.5) is 5.69 Å². The summed E-state index contributed by atoms with van der Waals surface area (Å²) in [5, 5.41) is 5.34. The van der Waals surface area contributed by atoms with E-state index in [-0.39, 0.29) is 0 Å². The van der Waals surface area contributed by atoms with Crippen LogP contribution in [0.2, 0.25) is 5.02 Å². The number of anilines is 1. The molecule has 2 nitrogen and oxygen atoms in total. The SMILES string of the molecule is O=P(Nc1cccc(Cl)c1)(c1ccccc1)c1ccccc1. The second-order valence-electron chi connectivity index (χ2n) is 4.90. The summed E-state index contributed by atoms with van der Waals surface area (Å²) >= 11 is 6.04. The lowest BCUT2D eigenvalue weighted by Gasteiger charge is -2.21. The van der Waals surface area contributed by atoms with E-state index in [1.165, 1.54) is 0 Å². The minimum atomic E-state index is -2.97. The van der Waals surface area contributed by atoms with Crippen LogP contribution in [-0.2, 0) is 4.57 Å². The highest BCUT2D eigenvalue weighted by Gasteiger charge is 2.27. The standard InChI is InChI=1S/C18H15ClNOP/c19-15-8-7-9-16(14-15)20-22(21,17-10-3-1-4-11-17)18-12-5-2-6-13-18/h1-14H,(H,20,21). The molecule has 3 aromatic carbocycles. The van der Waals surface area contributed by atoms with Gasteiger partial charge in [-0.1, -0.05) is 54.1 Å². The summed E-state index contributed by atoms with van der Waals surface area (Å²) in [6.45, 7) is 0. The molecule has 3 aromatic rings. The van der Waals surface area contributed by atoms with Crippen molar-refractivity contribution >= 4 is 35.2 Å². The lowest BCUT2D eigenvalue weighted by Crippen LogP contribution is -2.21. The van der Waals surface area contributed by atoms with Crippen molar-refractivity contribution < 1.29 is 4.57 Å². The maximum absolute atomic E-state index is 13.7. The molecule has 0 aliphatic carbocycles. The van der Waals surface area contributed by atoms with Gasteiger partial charge in [-0.2, -0.15) is 0 Å². The highest BCUT2D eigenvalue weighted by molar-refractivity contribution is 7.80. The first kappa shape index (κ1) is 14.9. The normalized spacial score (nSPS) is 11.1. The second-order valence-corrected chi connectivity index (χ2v) is 7.81. The van der Waals surface area contributed by atoms with Gasteiger partial charge in [0, 0.05) is 21.3 Å². The minimum Gasteiger partial charge on any atom is -0.329 e. The molecule has 1 N–H and O–H groups in total. The zero-order valence-corrected chi connectivity index (χ0v) is 13.5. The Balaban J connectivity index is 2.10. The highest BCUT2D eigenvalue weighted by atomic mass is 35.5. The summed E-state index contributed by atoms with van der Waals surface area (Å²) in [7, 11) is -2.97. The van der Waals surface area contributed by atoms with Crippen LogP contribution < -0.4 is 15.7 Å². The lowest BCUT2D eigenvalue weighted by atomic mass is 10.3. The van der Waals surface area contributed by atoms with Gasteiger partial charge in [0.2, 0.25) is 7.29 Å². The van der Waals surface area contributed by atoms with E-state index in [4.69, 9.17) is 11.6 Å². The van der Waals surface area contributed by atoms with Crippen LogP contribution in [0, 0.1) is 0 Å². The molecule has 0 saturated heterocycles. The fraction of sp³-hybridized carbons (Fsp3) is 0. The molecule has 0 aliphatic rings. The predicted molar refractivity (Wildman–Crippen MR) is 94.8 cm³/mol.